The molecule has 0 saturated carbocycles. The van der Waals surface area contributed by atoms with E-state index in [1.807, 2.05) is 6.07 Å². The third kappa shape index (κ3) is 2.58. The lowest BCUT2D eigenvalue weighted by molar-refractivity contribution is -0.140. The topological polar surface area (TPSA) is 98.5 Å². The van der Waals surface area contributed by atoms with E-state index in [1.165, 1.54) is 36.0 Å². The van der Waals surface area contributed by atoms with Crippen molar-refractivity contribution < 1.29 is 18.3 Å². The monoisotopic (exact) mass is 298 g/mol. The number of carboxylic acids is 1. The quantitative estimate of drug-likeness (QED) is 0.882. The number of hydrogen-bond acceptors (Lipinski definition) is 5. The van der Waals surface area contributed by atoms with Crippen molar-refractivity contribution in [1.29, 1.82) is 5.26 Å². The van der Waals surface area contributed by atoms with Crippen LogP contribution in [0, 0.1) is 11.3 Å². The summed E-state index contributed by atoms with van der Waals surface area (Å²) < 4.78 is 25.6. The summed E-state index contributed by atoms with van der Waals surface area (Å²) in [7, 11) is -3.84. The molecule has 1 N–H and O–H groups in total. The Hall–Kier alpha value is -1.56. The number of nitrogens with zero attached hydrogens (tertiary/aromatic N) is 2. The smallest absolute Gasteiger partial charge is 0.322 e. The maximum atomic E-state index is 12.3. The molecule has 19 heavy (non-hydrogen) atoms. The Kier molecular flexibility index (Phi) is 3.80. The van der Waals surface area contributed by atoms with Crippen LogP contribution in [0.1, 0.15) is 5.56 Å². The van der Waals surface area contributed by atoms with Gasteiger partial charge in [-0.15, -0.1) is 11.8 Å². The van der Waals surface area contributed by atoms with Crippen molar-refractivity contribution in [2.24, 2.45) is 0 Å². The Bertz CT molecular complexity index is 634. The first kappa shape index (κ1) is 13.9. The molecule has 0 radical (unpaired) electrons. The van der Waals surface area contributed by atoms with Crippen molar-refractivity contribution in [3.05, 3.63) is 29.8 Å². The maximum absolute atomic E-state index is 12.3. The summed E-state index contributed by atoms with van der Waals surface area (Å²) >= 11 is 1.26. The second-order valence-corrected chi connectivity index (χ2v) is 6.77. The highest BCUT2D eigenvalue weighted by molar-refractivity contribution is 8.00. The van der Waals surface area contributed by atoms with Gasteiger partial charge in [0.1, 0.15) is 6.04 Å². The molecule has 1 aliphatic rings. The van der Waals surface area contributed by atoms with E-state index in [-0.39, 0.29) is 16.5 Å². The summed E-state index contributed by atoms with van der Waals surface area (Å²) in [4.78, 5) is 11.0. The van der Waals surface area contributed by atoms with Crippen LogP contribution in [0.15, 0.2) is 29.2 Å². The summed E-state index contributed by atoms with van der Waals surface area (Å²) in [6.45, 7) is 0. The second kappa shape index (κ2) is 5.21. The van der Waals surface area contributed by atoms with Gasteiger partial charge in [0.05, 0.1) is 22.4 Å². The predicted molar refractivity (Wildman–Crippen MR) is 68.9 cm³/mol. The fourth-order valence-electron chi connectivity index (χ4n) is 1.70. The van der Waals surface area contributed by atoms with Gasteiger partial charge in [-0.25, -0.2) is 8.42 Å². The minimum atomic E-state index is -3.84. The molecular weight excluding hydrogens is 288 g/mol. The van der Waals surface area contributed by atoms with Crippen molar-refractivity contribution >= 4 is 27.8 Å². The molecule has 1 fully saturated rings. The van der Waals surface area contributed by atoms with E-state index in [1.54, 1.807) is 0 Å². The average Bonchev–Trinajstić information content (AvgIpc) is 2.89. The zero-order valence-electron chi connectivity index (χ0n) is 9.68. The Balaban J connectivity index is 2.36. The van der Waals surface area contributed by atoms with Crippen LogP contribution in [0.25, 0.3) is 0 Å². The van der Waals surface area contributed by atoms with E-state index in [2.05, 4.69) is 0 Å². The van der Waals surface area contributed by atoms with Gasteiger partial charge in [0, 0.05) is 5.75 Å². The molecule has 100 valence electrons. The fourth-order valence-corrected chi connectivity index (χ4v) is 4.83. The number of thioether (sulfide) groups is 1. The molecule has 6 nitrogen and oxygen atoms in total. The minimum Gasteiger partial charge on any atom is -0.480 e. The zero-order valence-corrected chi connectivity index (χ0v) is 11.3. The van der Waals surface area contributed by atoms with Gasteiger partial charge in [0.2, 0.25) is 10.0 Å². The fraction of sp³-hybridized carbons (Fsp3) is 0.273. The highest BCUT2D eigenvalue weighted by Gasteiger charge is 2.39. The number of sulfonamides is 1. The molecule has 0 spiro atoms. The largest absolute Gasteiger partial charge is 0.480 e. The van der Waals surface area contributed by atoms with E-state index in [9.17, 15) is 13.2 Å². The first-order valence-electron chi connectivity index (χ1n) is 5.29. The molecule has 0 bridgehead atoms. The first-order chi connectivity index (χ1) is 8.96. The summed E-state index contributed by atoms with van der Waals surface area (Å²) in [5.41, 5.74) is 0.351. The average molecular weight is 298 g/mol. The van der Waals surface area contributed by atoms with Gasteiger partial charge in [-0.2, -0.15) is 9.57 Å². The highest BCUT2D eigenvalue weighted by atomic mass is 32.2. The molecule has 1 heterocycles. The summed E-state index contributed by atoms with van der Waals surface area (Å²) in [5.74, 6) is -0.786. The predicted octanol–water partition coefficient (Wildman–Crippen LogP) is 0.706. The van der Waals surface area contributed by atoms with E-state index in [0.717, 1.165) is 4.31 Å². The molecule has 8 heteroatoms. The first-order valence-corrected chi connectivity index (χ1v) is 7.89. The molecule has 1 aromatic rings. The van der Waals surface area contributed by atoms with Gasteiger partial charge in [-0.3, -0.25) is 4.79 Å². The maximum Gasteiger partial charge on any atom is 0.322 e. The van der Waals surface area contributed by atoms with Crippen LogP contribution in [-0.4, -0.2) is 41.5 Å². The summed E-state index contributed by atoms with van der Waals surface area (Å²) in [6.07, 6.45) is 0. The molecular formula is C11H10N2O4S2. The third-order valence-electron chi connectivity index (χ3n) is 2.72. The summed E-state index contributed by atoms with van der Waals surface area (Å²) in [5, 5.41) is 17.7. The van der Waals surface area contributed by atoms with Gasteiger partial charge in [-0.05, 0) is 24.3 Å². The molecule has 1 aromatic carbocycles. The summed E-state index contributed by atoms with van der Waals surface area (Å²) in [6, 6.07) is 6.28. The zero-order chi connectivity index (χ0) is 14.0. The van der Waals surface area contributed by atoms with Crippen molar-refractivity contribution in [1.82, 2.24) is 4.31 Å². The molecule has 1 unspecified atom stereocenters. The van der Waals surface area contributed by atoms with Crippen molar-refractivity contribution in [3.8, 4) is 6.07 Å². The number of carboxylic acid groups (broad SMARTS) is 1. The molecule has 0 aliphatic carbocycles. The van der Waals surface area contributed by atoms with Gasteiger partial charge < -0.3 is 5.11 Å². The number of rotatable bonds is 3. The van der Waals surface area contributed by atoms with E-state index in [4.69, 9.17) is 10.4 Å². The van der Waals surface area contributed by atoms with Crippen LogP contribution in [-0.2, 0) is 14.8 Å². The van der Waals surface area contributed by atoms with Crippen LogP contribution in [0.4, 0.5) is 0 Å². The van der Waals surface area contributed by atoms with Gasteiger partial charge in [-0.1, -0.05) is 0 Å². The van der Waals surface area contributed by atoms with Crippen LogP contribution in [0.5, 0.6) is 0 Å². The van der Waals surface area contributed by atoms with Crippen LogP contribution in [0.2, 0.25) is 0 Å². The lowest BCUT2D eigenvalue weighted by Crippen LogP contribution is -2.41. The number of nitriles is 1. The molecule has 2 rings (SSSR count). The van der Waals surface area contributed by atoms with E-state index >= 15 is 0 Å². The van der Waals surface area contributed by atoms with Gasteiger partial charge >= 0.3 is 5.97 Å². The molecule has 1 atom stereocenters. The van der Waals surface area contributed by atoms with Crippen LogP contribution < -0.4 is 0 Å². The Labute approximate surface area is 114 Å². The van der Waals surface area contributed by atoms with Crippen LogP contribution >= 0.6 is 11.8 Å². The third-order valence-corrected chi connectivity index (χ3v) is 5.76. The molecule has 1 aliphatic heterocycles. The minimum absolute atomic E-state index is 0.000231. The Morgan fingerprint density at radius 1 is 1.42 bits per heavy atom. The van der Waals surface area contributed by atoms with Gasteiger partial charge in [0.15, 0.2) is 0 Å². The number of hydrogen-bond donors (Lipinski definition) is 1. The van der Waals surface area contributed by atoms with Crippen molar-refractivity contribution in [3.63, 3.8) is 0 Å². The van der Waals surface area contributed by atoms with E-state index in [0.29, 0.717) is 5.56 Å². The van der Waals surface area contributed by atoms with E-state index < -0.39 is 22.0 Å². The molecule has 0 amide bonds. The van der Waals surface area contributed by atoms with Gasteiger partial charge in [0.25, 0.3) is 0 Å². The lowest BCUT2D eigenvalue weighted by Gasteiger charge is -2.19. The lowest BCUT2D eigenvalue weighted by atomic mass is 10.2. The highest BCUT2D eigenvalue weighted by Crippen LogP contribution is 2.28. The molecule has 1 saturated heterocycles. The Morgan fingerprint density at radius 3 is 2.58 bits per heavy atom. The second-order valence-electron chi connectivity index (χ2n) is 3.88. The Morgan fingerprint density at radius 2 is 2.05 bits per heavy atom. The SMILES string of the molecule is N#Cc1ccc(S(=O)(=O)N2CSCC2C(=O)O)cc1. The number of carbonyl (C=O) groups is 1. The van der Waals surface area contributed by atoms with Crippen LogP contribution in [0.3, 0.4) is 0 Å². The molecule has 0 aromatic heterocycles. The normalized spacial score (nSPS) is 20.1. The number of benzene rings is 1. The van der Waals surface area contributed by atoms with Crippen molar-refractivity contribution in [2.75, 3.05) is 11.6 Å². The standard InChI is InChI=1S/C11H10N2O4S2/c12-5-8-1-3-9(4-2-8)19(16,17)13-7-18-6-10(13)11(14)15/h1-4,10H,6-7H2,(H,14,15). The van der Waals surface area contributed by atoms with Crippen molar-refractivity contribution in [2.45, 2.75) is 10.9 Å². The number of aliphatic carboxylic acids is 1.